The van der Waals surface area contributed by atoms with Crippen molar-refractivity contribution in [3.05, 3.63) is 35.9 Å². The molecule has 2 N–H and O–H groups in total. The van der Waals surface area contributed by atoms with E-state index in [9.17, 15) is 4.79 Å². The van der Waals surface area contributed by atoms with Gasteiger partial charge in [-0.05, 0) is 26.5 Å². The second-order valence-electron chi connectivity index (χ2n) is 5.84. The van der Waals surface area contributed by atoms with E-state index < -0.39 is 0 Å². The average Bonchev–Trinajstić information content (AvgIpc) is 2.34. The number of benzene rings is 1. The number of hydrogen-bond acceptors (Lipinski definition) is 3. The summed E-state index contributed by atoms with van der Waals surface area (Å²) < 4.78 is 0. The van der Waals surface area contributed by atoms with E-state index in [4.69, 9.17) is 0 Å². The van der Waals surface area contributed by atoms with Gasteiger partial charge >= 0.3 is 0 Å². The highest BCUT2D eigenvalue weighted by molar-refractivity contribution is 5.83. The van der Waals surface area contributed by atoms with Crippen molar-refractivity contribution in [1.29, 1.82) is 0 Å². The first kappa shape index (κ1) is 14.0. The number of nitrogens with zero attached hydrogens (tertiary/aromatic N) is 1. The Morgan fingerprint density at radius 1 is 1.37 bits per heavy atom. The Kier molecular flexibility index (Phi) is 4.22. The lowest BCUT2D eigenvalue weighted by Gasteiger charge is -2.43. The van der Waals surface area contributed by atoms with Crippen LogP contribution in [0.1, 0.15) is 19.4 Å². The van der Waals surface area contributed by atoms with Gasteiger partial charge in [0.25, 0.3) is 0 Å². The van der Waals surface area contributed by atoms with Crippen LogP contribution in [0.5, 0.6) is 0 Å². The molecule has 0 radical (unpaired) electrons. The summed E-state index contributed by atoms with van der Waals surface area (Å²) in [5, 5.41) is 6.19. The summed E-state index contributed by atoms with van der Waals surface area (Å²) in [4.78, 5) is 14.5. The molecule has 1 aliphatic heterocycles. The van der Waals surface area contributed by atoms with Gasteiger partial charge in [0, 0.05) is 25.2 Å². The van der Waals surface area contributed by atoms with Gasteiger partial charge in [-0.2, -0.15) is 0 Å². The van der Waals surface area contributed by atoms with Gasteiger partial charge in [-0.3, -0.25) is 9.69 Å². The van der Waals surface area contributed by atoms with Crippen molar-refractivity contribution in [2.24, 2.45) is 0 Å². The molecule has 1 heterocycles. The third-order valence-electron chi connectivity index (χ3n) is 3.43. The van der Waals surface area contributed by atoms with Crippen molar-refractivity contribution in [3.8, 4) is 0 Å². The predicted molar refractivity (Wildman–Crippen MR) is 76.8 cm³/mol. The third kappa shape index (κ3) is 3.55. The molecule has 1 atom stereocenters. The van der Waals surface area contributed by atoms with Crippen molar-refractivity contribution >= 4 is 5.91 Å². The number of carbonyl (C=O) groups excluding carboxylic acids is 1. The molecule has 1 saturated heterocycles. The number of hydrogen-bond donors (Lipinski definition) is 2. The monoisotopic (exact) mass is 261 g/mol. The summed E-state index contributed by atoms with van der Waals surface area (Å²) in [7, 11) is 1.88. The van der Waals surface area contributed by atoms with E-state index in [1.807, 2.05) is 25.2 Å². The number of carbonyl (C=O) groups is 1. The maximum absolute atomic E-state index is 12.2. The van der Waals surface area contributed by atoms with Crippen molar-refractivity contribution in [3.63, 3.8) is 0 Å². The minimum atomic E-state index is -0.171. The molecule has 19 heavy (non-hydrogen) atoms. The largest absolute Gasteiger partial charge is 0.349 e. The zero-order valence-corrected chi connectivity index (χ0v) is 11.9. The Labute approximate surface area is 115 Å². The van der Waals surface area contributed by atoms with Crippen LogP contribution < -0.4 is 10.6 Å². The third-order valence-corrected chi connectivity index (χ3v) is 3.43. The van der Waals surface area contributed by atoms with Crippen molar-refractivity contribution in [2.45, 2.75) is 32.0 Å². The van der Waals surface area contributed by atoms with E-state index in [-0.39, 0.29) is 17.5 Å². The number of likely N-dealkylation sites (N-methyl/N-ethyl adjacent to an activating group) is 1. The molecule has 0 spiro atoms. The minimum absolute atomic E-state index is 0.0989. The fraction of sp³-hybridized carbons (Fsp3) is 0.533. The van der Waals surface area contributed by atoms with Crippen molar-refractivity contribution in [1.82, 2.24) is 15.5 Å². The highest BCUT2D eigenvalue weighted by Gasteiger charge is 2.37. The first-order valence-electron chi connectivity index (χ1n) is 6.76. The van der Waals surface area contributed by atoms with Gasteiger partial charge in [-0.25, -0.2) is 0 Å². The summed E-state index contributed by atoms with van der Waals surface area (Å²) in [5.41, 5.74) is 1.07. The Bertz CT molecular complexity index is 430. The molecule has 104 valence electrons. The molecule has 2 rings (SSSR count). The van der Waals surface area contributed by atoms with Crippen LogP contribution in [0.25, 0.3) is 0 Å². The normalized spacial score (nSPS) is 23.1. The molecule has 1 aromatic carbocycles. The van der Waals surface area contributed by atoms with Gasteiger partial charge in [-0.15, -0.1) is 0 Å². The smallest absolute Gasteiger partial charge is 0.239 e. The zero-order chi connectivity index (χ0) is 13.9. The predicted octanol–water partition coefficient (Wildman–Crippen LogP) is 0.985. The maximum Gasteiger partial charge on any atom is 0.239 e. The highest BCUT2D eigenvalue weighted by atomic mass is 16.2. The Morgan fingerprint density at radius 3 is 2.68 bits per heavy atom. The summed E-state index contributed by atoms with van der Waals surface area (Å²) in [5.74, 6) is 0.113. The molecule has 1 fully saturated rings. The number of rotatable bonds is 4. The van der Waals surface area contributed by atoms with Crippen molar-refractivity contribution in [2.75, 3.05) is 20.1 Å². The standard InChI is InChI=1S/C15H23N3O/c1-15(2)11-18(10-12-7-5-4-6-8-12)13(9-16-3)14(19)17-15/h4-8,13,16H,9-11H2,1-3H3,(H,17,19). The van der Waals surface area contributed by atoms with Crippen LogP contribution >= 0.6 is 0 Å². The quantitative estimate of drug-likeness (QED) is 0.849. The van der Waals surface area contributed by atoms with E-state index in [2.05, 4.69) is 41.5 Å². The summed E-state index contributed by atoms with van der Waals surface area (Å²) >= 11 is 0. The van der Waals surface area contributed by atoms with Gasteiger partial charge in [-0.1, -0.05) is 30.3 Å². The first-order chi connectivity index (χ1) is 9.02. The van der Waals surface area contributed by atoms with Gasteiger partial charge < -0.3 is 10.6 Å². The van der Waals surface area contributed by atoms with Crippen LogP contribution in [0, 0.1) is 0 Å². The van der Waals surface area contributed by atoms with E-state index in [1.165, 1.54) is 5.56 Å². The Balaban J connectivity index is 2.15. The lowest BCUT2D eigenvalue weighted by atomic mass is 9.97. The van der Waals surface area contributed by atoms with Crippen LogP contribution in [-0.4, -0.2) is 42.5 Å². The molecule has 1 aromatic rings. The Morgan fingerprint density at radius 2 is 2.05 bits per heavy atom. The van der Waals surface area contributed by atoms with Gasteiger partial charge in [0.05, 0.1) is 0 Å². The maximum atomic E-state index is 12.2. The van der Waals surface area contributed by atoms with Crippen LogP contribution in [0.2, 0.25) is 0 Å². The van der Waals surface area contributed by atoms with E-state index >= 15 is 0 Å². The molecule has 4 heteroatoms. The molecule has 0 saturated carbocycles. The van der Waals surface area contributed by atoms with Gasteiger partial charge in [0.15, 0.2) is 0 Å². The molecular formula is C15H23N3O. The summed E-state index contributed by atoms with van der Waals surface area (Å²) in [6.07, 6.45) is 0. The van der Waals surface area contributed by atoms with Gasteiger partial charge in [0.1, 0.15) is 6.04 Å². The SMILES string of the molecule is CNCC1C(=O)NC(C)(C)CN1Cc1ccccc1. The van der Waals surface area contributed by atoms with Crippen LogP contribution in [0.4, 0.5) is 0 Å². The number of nitrogens with one attached hydrogen (secondary N) is 2. The van der Waals surface area contributed by atoms with E-state index in [1.54, 1.807) is 0 Å². The topological polar surface area (TPSA) is 44.4 Å². The van der Waals surface area contributed by atoms with Gasteiger partial charge in [0.2, 0.25) is 5.91 Å². The molecule has 1 amide bonds. The first-order valence-corrected chi connectivity index (χ1v) is 6.76. The second-order valence-corrected chi connectivity index (χ2v) is 5.84. The number of piperazine rings is 1. The molecule has 1 unspecified atom stereocenters. The summed E-state index contributed by atoms with van der Waals surface area (Å²) in [6, 6.07) is 10.2. The minimum Gasteiger partial charge on any atom is -0.349 e. The molecule has 1 aliphatic rings. The fourth-order valence-corrected chi connectivity index (χ4v) is 2.64. The van der Waals surface area contributed by atoms with Crippen LogP contribution in [0.3, 0.4) is 0 Å². The lowest BCUT2D eigenvalue weighted by Crippen LogP contribution is -2.66. The molecular weight excluding hydrogens is 238 g/mol. The fourth-order valence-electron chi connectivity index (χ4n) is 2.64. The van der Waals surface area contributed by atoms with Crippen molar-refractivity contribution < 1.29 is 4.79 Å². The lowest BCUT2D eigenvalue weighted by molar-refractivity contribution is -0.132. The number of amides is 1. The Hall–Kier alpha value is -1.39. The van der Waals surface area contributed by atoms with E-state index in [0.717, 1.165) is 13.1 Å². The molecule has 0 aromatic heterocycles. The molecule has 4 nitrogen and oxygen atoms in total. The molecule has 0 aliphatic carbocycles. The second kappa shape index (κ2) is 5.72. The zero-order valence-electron chi connectivity index (χ0n) is 11.9. The van der Waals surface area contributed by atoms with Crippen LogP contribution in [-0.2, 0) is 11.3 Å². The highest BCUT2D eigenvalue weighted by Crippen LogP contribution is 2.18. The average molecular weight is 261 g/mol. The summed E-state index contributed by atoms with van der Waals surface area (Å²) in [6.45, 7) is 6.48. The molecule has 0 bridgehead atoms. The van der Waals surface area contributed by atoms with Crippen LogP contribution in [0.15, 0.2) is 30.3 Å². The van der Waals surface area contributed by atoms with E-state index in [0.29, 0.717) is 6.54 Å².